The lowest BCUT2D eigenvalue weighted by Crippen LogP contribution is -2.58. The molecule has 0 radical (unpaired) electrons. The number of carbonyl (C=O) groups is 3. The number of likely N-dealkylation sites (tertiary alicyclic amines) is 1. The Morgan fingerprint density at radius 2 is 2.06 bits per heavy atom. The topological polar surface area (TPSA) is 121 Å². The van der Waals surface area contributed by atoms with Crippen LogP contribution in [-0.4, -0.2) is 58.6 Å². The summed E-state index contributed by atoms with van der Waals surface area (Å²) in [5.74, 6) is -0.426. The minimum absolute atomic E-state index is 0.0405. The average molecular weight is 467 g/mol. The van der Waals surface area contributed by atoms with Crippen molar-refractivity contribution in [1.82, 2.24) is 15.2 Å². The predicted molar refractivity (Wildman–Crippen MR) is 125 cm³/mol. The van der Waals surface area contributed by atoms with E-state index >= 15 is 0 Å². The van der Waals surface area contributed by atoms with Crippen molar-refractivity contribution in [3.8, 4) is 0 Å². The summed E-state index contributed by atoms with van der Waals surface area (Å²) in [6, 6.07) is 12.1. The van der Waals surface area contributed by atoms with Gasteiger partial charge in [0.15, 0.2) is 0 Å². The van der Waals surface area contributed by atoms with Gasteiger partial charge < -0.3 is 25.4 Å². The van der Waals surface area contributed by atoms with Gasteiger partial charge in [0, 0.05) is 18.8 Å². The number of hydrogen-bond acceptors (Lipinski definition) is 6. The number of ether oxygens (including phenoxy) is 1. The Kier molecular flexibility index (Phi) is 7.61. The van der Waals surface area contributed by atoms with Gasteiger partial charge in [-0.3, -0.25) is 4.79 Å². The number of benzene rings is 1. The second-order valence-electron chi connectivity index (χ2n) is 8.77. The first-order valence-corrected chi connectivity index (χ1v) is 11.7. The van der Waals surface area contributed by atoms with E-state index in [1.54, 1.807) is 12.1 Å². The Bertz CT molecular complexity index is 1030. The minimum Gasteiger partial charge on any atom is -0.480 e. The van der Waals surface area contributed by atoms with E-state index < -0.39 is 18.1 Å². The van der Waals surface area contributed by atoms with E-state index in [4.69, 9.17) is 4.74 Å². The number of rotatable bonds is 10. The molecule has 1 aromatic carbocycles. The molecule has 2 aromatic rings. The highest BCUT2D eigenvalue weighted by molar-refractivity contribution is 5.86. The Balaban J connectivity index is 1.18. The van der Waals surface area contributed by atoms with E-state index in [-0.39, 0.29) is 25.0 Å². The Labute approximate surface area is 198 Å². The van der Waals surface area contributed by atoms with E-state index in [1.165, 1.54) is 10.5 Å². The van der Waals surface area contributed by atoms with E-state index in [0.717, 1.165) is 55.7 Å². The molecule has 9 nitrogen and oxygen atoms in total. The number of aromatic nitrogens is 1. The monoisotopic (exact) mass is 466 g/mol. The van der Waals surface area contributed by atoms with Crippen LogP contribution in [0.4, 0.5) is 10.6 Å². The van der Waals surface area contributed by atoms with Gasteiger partial charge in [0.05, 0.1) is 12.5 Å². The van der Waals surface area contributed by atoms with Gasteiger partial charge in [-0.1, -0.05) is 36.4 Å². The predicted octanol–water partition coefficient (Wildman–Crippen LogP) is 2.60. The number of nitrogens with zero attached hydrogens (tertiary/aromatic N) is 2. The molecular weight excluding hydrogens is 436 g/mol. The van der Waals surface area contributed by atoms with Gasteiger partial charge in [0.25, 0.3) is 0 Å². The molecule has 3 N–H and O–H groups in total. The van der Waals surface area contributed by atoms with Crippen molar-refractivity contribution in [2.45, 2.75) is 44.8 Å². The van der Waals surface area contributed by atoms with E-state index in [2.05, 4.69) is 27.8 Å². The Morgan fingerprint density at radius 3 is 2.82 bits per heavy atom. The highest BCUT2D eigenvalue weighted by Gasteiger charge is 2.38. The fourth-order valence-corrected chi connectivity index (χ4v) is 4.31. The molecule has 1 saturated heterocycles. The fraction of sp³-hybridized carbons (Fsp3) is 0.440. The second kappa shape index (κ2) is 11.0. The summed E-state index contributed by atoms with van der Waals surface area (Å²) in [4.78, 5) is 42.3. The van der Waals surface area contributed by atoms with Crippen LogP contribution in [0.1, 0.15) is 36.1 Å². The summed E-state index contributed by atoms with van der Waals surface area (Å²) in [5, 5.41) is 15.1. The summed E-state index contributed by atoms with van der Waals surface area (Å²) < 4.78 is 5.09. The minimum atomic E-state index is -1.22. The molecule has 4 rings (SSSR count). The van der Waals surface area contributed by atoms with Gasteiger partial charge >= 0.3 is 12.1 Å². The number of aliphatic carboxylic acids is 1. The number of anilines is 1. The van der Waals surface area contributed by atoms with Crippen molar-refractivity contribution in [2.24, 2.45) is 5.92 Å². The molecular formula is C25H30N4O5. The molecule has 0 saturated carbocycles. The number of aryl methyl sites for hydroxylation is 2. The maximum Gasteiger partial charge on any atom is 0.408 e. The molecule has 2 aliphatic rings. The third-order valence-corrected chi connectivity index (χ3v) is 6.24. The summed E-state index contributed by atoms with van der Waals surface area (Å²) in [7, 11) is 0. The molecule has 1 unspecified atom stereocenters. The van der Waals surface area contributed by atoms with Crippen molar-refractivity contribution in [3.63, 3.8) is 0 Å². The largest absolute Gasteiger partial charge is 0.480 e. The average Bonchev–Trinajstić information content (AvgIpc) is 2.85. The lowest BCUT2D eigenvalue weighted by atomic mass is 9.91. The maximum atomic E-state index is 12.5. The van der Waals surface area contributed by atoms with Gasteiger partial charge in [-0.15, -0.1) is 0 Å². The molecule has 0 bridgehead atoms. The fourth-order valence-electron chi connectivity index (χ4n) is 4.31. The molecule has 2 aliphatic heterocycles. The lowest BCUT2D eigenvalue weighted by molar-refractivity contribution is -0.151. The second-order valence-corrected chi connectivity index (χ2v) is 8.77. The number of β-lactam (4-membered cyclic amide) rings is 1. The highest BCUT2D eigenvalue weighted by atomic mass is 16.5. The van der Waals surface area contributed by atoms with Gasteiger partial charge in [-0.2, -0.15) is 0 Å². The maximum absolute atomic E-state index is 12.5. The van der Waals surface area contributed by atoms with Gasteiger partial charge in [0.1, 0.15) is 18.5 Å². The zero-order valence-electron chi connectivity index (χ0n) is 19.0. The van der Waals surface area contributed by atoms with Crippen LogP contribution in [0.15, 0.2) is 42.5 Å². The Hall–Kier alpha value is -3.62. The third kappa shape index (κ3) is 6.03. The number of carbonyl (C=O) groups excluding carboxylic acids is 2. The molecule has 0 aliphatic carbocycles. The van der Waals surface area contributed by atoms with Crippen molar-refractivity contribution >= 4 is 23.8 Å². The number of carboxylic acid groups (broad SMARTS) is 1. The number of fused-ring (bicyclic) bond motifs is 1. The van der Waals surface area contributed by atoms with Crippen LogP contribution in [0.3, 0.4) is 0 Å². The number of hydrogen-bond donors (Lipinski definition) is 3. The summed E-state index contributed by atoms with van der Waals surface area (Å²) >= 11 is 0. The normalized spacial score (nSPS) is 17.7. The number of pyridine rings is 1. The van der Waals surface area contributed by atoms with E-state index in [0.29, 0.717) is 6.54 Å². The van der Waals surface area contributed by atoms with Crippen molar-refractivity contribution in [2.75, 3.05) is 25.0 Å². The van der Waals surface area contributed by atoms with Crippen molar-refractivity contribution in [1.29, 1.82) is 0 Å². The van der Waals surface area contributed by atoms with Crippen molar-refractivity contribution in [3.05, 3.63) is 59.3 Å². The van der Waals surface area contributed by atoms with Crippen LogP contribution in [0.5, 0.6) is 0 Å². The number of nitrogens with one attached hydrogen (secondary N) is 2. The summed E-state index contributed by atoms with van der Waals surface area (Å²) in [6.07, 6.45) is 3.72. The van der Waals surface area contributed by atoms with Crippen LogP contribution in [0.2, 0.25) is 0 Å². The third-order valence-electron chi connectivity index (χ3n) is 6.24. The van der Waals surface area contributed by atoms with Crippen LogP contribution in [-0.2, 0) is 33.8 Å². The van der Waals surface area contributed by atoms with Crippen LogP contribution in [0, 0.1) is 5.92 Å². The lowest BCUT2D eigenvalue weighted by Gasteiger charge is -2.39. The number of amides is 2. The quantitative estimate of drug-likeness (QED) is 0.460. The first kappa shape index (κ1) is 23.5. The van der Waals surface area contributed by atoms with E-state index in [9.17, 15) is 19.5 Å². The number of alkyl carbamates (subject to hydrolysis) is 1. The van der Waals surface area contributed by atoms with Gasteiger partial charge in [-0.05, 0) is 49.3 Å². The summed E-state index contributed by atoms with van der Waals surface area (Å²) in [6.45, 7) is 1.40. The van der Waals surface area contributed by atoms with Gasteiger partial charge in [0.2, 0.25) is 5.91 Å². The first-order valence-electron chi connectivity index (χ1n) is 11.7. The zero-order chi connectivity index (χ0) is 23.9. The molecule has 34 heavy (non-hydrogen) atoms. The van der Waals surface area contributed by atoms with Crippen molar-refractivity contribution < 1.29 is 24.2 Å². The molecule has 3 heterocycles. The summed E-state index contributed by atoms with van der Waals surface area (Å²) in [5.41, 5.74) is 3.07. The van der Waals surface area contributed by atoms with Gasteiger partial charge in [-0.25, -0.2) is 14.6 Å². The molecule has 1 aromatic heterocycles. The molecule has 1 fully saturated rings. The molecule has 180 valence electrons. The van der Waals surface area contributed by atoms with Crippen LogP contribution >= 0.6 is 0 Å². The van der Waals surface area contributed by atoms with Crippen LogP contribution < -0.4 is 10.6 Å². The smallest absolute Gasteiger partial charge is 0.408 e. The van der Waals surface area contributed by atoms with Crippen LogP contribution in [0.25, 0.3) is 0 Å². The zero-order valence-corrected chi connectivity index (χ0v) is 19.0. The van der Waals surface area contributed by atoms with E-state index in [1.807, 2.05) is 18.2 Å². The SMILES string of the molecule is O=C(N[C@@H](CN1CC(CCCc2ccc3c(n2)NCCC3)C1=O)C(=O)O)OCc1ccccc1. The standard InChI is InChI=1S/C25H30N4O5/c30-23-19(8-4-10-20-12-11-18-9-5-13-26-22(18)27-20)14-29(23)15-21(24(31)32)28-25(33)34-16-17-6-2-1-3-7-17/h1-3,6-7,11-12,19,21H,4-5,8-10,13-16H2,(H,26,27)(H,28,33)(H,31,32)/t19?,21-/m0/s1. The highest BCUT2D eigenvalue weighted by Crippen LogP contribution is 2.25. The Morgan fingerprint density at radius 1 is 1.24 bits per heavy atom. The molecule has 9 heteroatoms. The molecule has 0 spiro atoms. The molecule has 2 atom stereocenters. The first-order chi connectivity index (χ1) is 16.5. The number of carboxylic acids is 1. The molecule has 2 amide bonds.